The number of rotatable bonds is 1. The molecule has 0 aliphatic rings. The summed E-state index contributed by atoms with van der Waals surface area (Å²) < 4.78 is 2.43. The van der Waals surface area contributed by atoms with Crippen LogP contribution in [0.15, 0.2) is 16.9 Å². The molecule has 0 aromatic carbocycles. The molecule has 0 radical (unpaired) electrons. The molecule has 2 rings (SSSR count). The molecule has 2 heterocycles. The molecule has 0 spiro atoms. The lowest BCUT2D eigenvalue weighted by Gasteiger charge is -2.00. The number of carbonyl (C=O) groups is 1. The zero-order chi connectivity index (χ0) is 11.2. The number of aromatic carboxylic acids is 1. The van der Waals surface area contributed by atoms with E-state index in [9.17, 15) is 4.79 Å². The van der Waals surface area contributed by atoms with Gasteiger partial charge < -0.3 is 9.67 Å². The lowest BCUT2D eigenvalue weighted by Crippen LogP contribution is -1.95. The number of carboxylic acids is 1. The summed E-state index contributed by atoms with van der Waals surface area (Å²) in [5, 5.41) is 9.74. The highest BCUT2D eigenvalue weighted by atomic mass is 79.9. The number of carboxylic acid groups (broad SMARTS) is 1. The first-order chi connectivity index (χ1) is 7.00. The first-order valence-corrected chi connectivity index (χ1v) is 5.15. The number of fused-ring (bicyclic) bond motifs is 1. The van der Waals surface area contributed by atoms with E-state index in [0.717, 1.165) is 5.56 Å². The fourth-order valence-electron chi connectivity index (χ4n) is 1.69. The van der Waals surface area contributed by atoms with E-state index in [1.54, 1.807) is 17.8 Å². The van der Waals surface area contributed by atoms with Gasteiger partial charge in [-0.2, -0.15) is 0 Å². The maximum Gasteiger partial charge on any atom is 0.337 e. The molecule has 2 aromatic rings. The topological polar surface area (TPSA) is 55.1 Å². The summed E-state index contributed by atoms with van der Waals surface area (Å²) in [5.74, 6) is -0.923. The highest BCUT2D eigenvalue weighted by Gasteiger charge is 2.16. The van der Waals surface area contributed by atoms with Crippen LogP contribution < -0.4 is 0 Å². The van der Waals surface area contributed by atoms with Crippen LogP contribution in [0.3, 0.4) is 0 Å². The molecule has 4 nitrogen and oxygen atoms in total. The monoisotopic (exact) mass is 268 g/mol. The molecule has 15 heavy (non-hydrogen) atoms. The minimum absolute atomic E-state index is 0.296. The van der Waals surface area contributed by atoms with Gasteiger partial charge in [0.1, 0.15) is 10.3 Å². The maximum absolute atomic E-state index is 11.0. The van der Waals surface area contributed by atoms with Crippen molar-refractivity contribution >= 4 is 32.9 Å². The molecule has 0 amide bonds. The molecule has 0 saturated heterocycles. The zero-order valence-corrected chi connectivity index (χ0v) is 9.87. The second kappa shape index (κ2) is 3.34. The number of halogens is 1. The molecule has 1 N–H and O–H groups in total. The van der Waals surface area contributed by atoms with Gasteiger partial charge in [0.2, 0.25) is 0 Å². The predicted molar refractivity (Wildman–Crippen MR) is 60.1 cm³/mol. The smallest absolute Gasteiger partial charge is 0.337 e. The molecule has 0 unspecified atom stereocenters. The second-order valence-electron chi connectivity index (χ2n) is 3.42. The fraction of sp³-hybridized carbons (Fsp3) is 0.200. The molecule has 0 fully saturated rings. The third-order valence-electron chi connectivity index (χ3n) is 2.32. The second-order valence-corrected chi connectivity index (χ2v) is 4.23. The van der Waals surface area contributed by atoms with Crippen LogP contribution in [0.1, 0.15) is 15.9 Å². The number of pyridine rings is 1. The van der Waals surface area contributed by atoms with Crippen molar-refractivity contribution in [2.75, 3.05) is 0 Å². The van der Waals surface area contributed by atoms with Crippen LogP contribution in [-0.4, -0.2) is 20.6 Å². The molecule has 78 valence electrons. The average Bonchev–Trinajstić information content (AvgIpc) is 2.44. The van der Waals surface area contributed by atoms with Crippen molar-refractivity contribution in [3.05, 3.63) is 28.0 Å². The van der Waals surface area contributed by atoms with Crippen LogP contribution in [0.2, 0.25) is 0 Å². The Hall–Kier alpha value is -1.36. The average molecular weight is 269 g/mol. The Labute approximate surface area is 94.7 Å². The van der Waals surface area contributed by atoms with Crippen LogP contribution >= 0.6 is 15.9 Å². The van der Waals surface area contributed by atoms with Gasteiger partial charge in [0.15, 0.2) is 0 Å². The van der Waals surface area contributed by atoms with E-state index in [1.165, 1.54) is 0 Å². The number of hydrogen-bond donors (Lipinski definition) is 1. The van der Waals surface area contributed by atoms with Gasteiger partial charge in [0.05, 0.1) is 5.56 Å². The van der Waals surface area contributed by atoms with Gasteiger partial charge in [-0.1, -0.05) is 0 Å². The Bertz CT molecular complexity index is 560. The van der Waals surface area contributed by atoms with Crippen LogP contribution in [-0.2, 0) is 7.05 Å². The number of aryl methyl sites for hydroxylation is 2. The summed E-state index contributed by atoms with van der Waals surface area (Å²) in [6.07, 6.45) is 1.58. The molecular formula is C10H9BrN2O2. The Kier molecular flexibility index (Phi) is 2.26. The predicted octanol–water partition coefficient (Wildman–Crippen LogP) is 2.34. The SMILES string of the molecule is Cc1cc(Br)nc2c1c(C(=O)O)cn2C. The van der Waals surface area contributed by atoms with E-state index in [-0.39, 0.29) is 0 Å². The fourth-order valence-corrected chi connectivity index (χ4v) is 2.20. The van der Waals surface area contributed by atoms with Gasteiger partial charge in [0.25, 0.3) is 0 Å². The first kappa shape index (κ1) is 10.2. The van der Waals surface area contributed by atoms with Gasteiger partial charge in [-0.05, 0) is 34.5 Å². The minimum atomic E-state index is -0.923. The molecular weight excluding hydrogens is 260 g/mol. The van der Waals surface area contributed by atoms with Crippen molar-refractivity contribution in [3.63, 3.8) is 0 Å². The molecule has 0 bridgehead atoms. The van der Waals surface area contributed by atoms with Crippen molar-refractivity contribution in [2.24, 2.45) is 7.05 Å². The minimum Gasteiger partial charge on any atom is -0.478 e. The van der Waals surface area contributed by atoms with Gasteiger partial charge in [-0.15, -0.1) is 0 Å². The molecule has 0 atom stereocenters. The Morgan fingerprint density at radius 2 is 2.27 bits per heavy atom. The summed E-state index contributed by atoms with van der Waals surface area (Å²) in [6.45, 7) is 1.88. The lowest BCUT2D eigenvalue weighted by atomic mass is 10.1. The normalized spacial score (nSPS) is 10.9. The van der Waals surface area contributed by atoms with Crippen molar-refractivity contribution in [3.8, 4) is 0 Å². The molecule has 0 aliphatic carbocycles. The van der Waals surface area contributed by atoms with Gasteiger partial charge in [0, 0.05) is 18.6 Å². The molecule has 0 saturated carbocycles. The highest BCUT2D eigenvalue weighted by molar-refractivity contribution is 9.10. The van der Waals surface area contributed by atoms with E-state index in [2.05, 4.69) is 20.9 Å². The summed E-state index contributed by atoms with van der Waals surface area (Å²) in [4.78, 5) is 15.3. The summed E-state index contributed by atoms with van der Waals surface area (Å²) in [7, 11) is 1.79. The van der Waals surface area contributed by atoms with Gasteiger partial charge >= 0.3 is 5.97 Å². The summed E-state index contributed by atoms with van der Waals surface area (Å²) in [6, 6.07) is 1.81. The third kappa shape index (κ3) is 1.52. The van der Waals surface area contributed by atoms with Crippen molar-refractivity contribution in [1.82, 2.24) is 9.55 Å². The van der Waals surface area contributed by atoms with Crippen LogP contribution in [0.5, 0.6) is 0 Å². The van der Waals surface area contributed by atoms with E-state index < -0.39 is 5.97 Å². The van der Waals surface area contributed by atoms with E-state index in [1.807, 2.05) is 13.0 Å². The summed E-state index contributed by atoms with van der Waals surface area (Å²) in [5.41, 5.74) is 1.88. The van der Waals surface area contributed by atoms with Crippen LogP contribution in [0.25, 0.3) is 11.0 Å². The Morgan fingerprint density at radius 3 is 2.87 bits per heavy atom. The van der Waals surface area contributed by atoms with Crippen LogP contribution in [0, 0.1) is 6.92 Å². The van der Waals surface area contributed by atoms with E-state index >= 15 is 0 Å². The van der Waals surface area contributed by atoms with Gasteiger partial charge in [-0.25, -0.2) is 9.78 Å². The maximum atomic E-state index is 11.0. The first-order valence-electron chi connectivity index (χ1n) is 4.36. The Balaban J connectivity index is 2.93. The quantitative estimate of drug-likeness (QED) is 0.808. The molecule has 5 heteroatoms. The van der Waals surface area contributed by atoms with Crippen molar-refractivity contribution < 1.29 is 9.90 Å². The van der Waals surface area contributed by atoms with Crippen molar-refractivity contribution in [1.29, 1.82) is 0 Å². The number of hydrogen-bond acceptors (Lipinski definition) is 2. The lowest BCUT2D eigenvalue weighted by molar-refractivity contribution is 0.0699. The molecule has 2 aromatic heterocycles. The van der Waals surface area contributed by atoms with Gasteiger partial charge in [-0.3, -0.25) is 0 Å². The van der Waals surface area contributed by atoms with E-state index in [0.29, 0.717) is 21.2 Å². The zero-order valence-electron chi connectivity index (χ0n) is 8.28. The van der Waals surface area contributed by atoms with Crippen molar-refractivity contribution in [2.45, 2.75) is 6.92 Å². The Morgan fingerprint density at radius 1 is 1.60 bits per heavy atom. The number of nitrogens with zero attached hydrogens (tertiary/aromatic N) is 2. The molecule has 0 aliphatic heterocycles. The third-order valence-corrected chi connectivity index (χ3v) is 2.73. The highest BCUT2D eigenvalue weighted by Crippen LogP contribution is 2.25. The van der Waals surface area contributed by atoms with E-state index in [4.69, 9.17) is 5.11 Å². The standard InChI is InChI=1S/C10H9BrN2O2/c1-5-3-7(11)12-9-8(5)6(10(14)15)4-13(9)2/h3-4H,1-2H3,(H,14,15). The largest absolute Gasteiger partial charge is 0.478 e. The van der Waals surface area contributed by atoms with Crippen LogP contribution in [0.4, 0.5) is 0 Å². The number of aromatic nitrogens is 2. The summed E-state index contributed by atoms with van der Waals surface area (Å²) >= 11 is 3.29.